The molecule has 0 radical (unpaired) electrons. The summed E-state index contributed by atoms with van der Waals surface area (Å²) in [6, 6.07) is 13.5. The van der Waals surface area contributed by atoms with Crippen molar-refractivity contribution in [3.8, 4) is 6.07 Å². The molecule has 0 saturated heterocycles. The van der Waals surface area contributed by atoms with Crippen LogP contribution in [0.3, 0.4) is 0 Å². The van der Waals surface area contributed by atoms with E-state index in [4.69, 9.17) is 5.26 Å². The highest BCUT2D eigenvalue weighted by atomic mass is 19.1. The molecule has 0 aliphatic rings. The fourth-order valence-electron chi connectivity index (χ4n) is 1.51. The predicted octanol–water partition coefficient (Wildman–Crippen LogP) is 2.88. The minimum absolute atomic E-state index is 0.304. The molecule has 78 valence electrons. The number of halogens is 1. The Bertz CT molecular complexity index is 500. The van der Waals surface area contributed by atoms with E-state index >= 15 is 0 Å². The van der Waals surface area contributed by atoms with Crippen LogP contribution < -0.4 is 0 Å². The second-order valence-corrected chi connectivity index (χ2v) is 3.37. The normalized spacial score (nSPS) is 11.8. The second kappa shape index (κ2) is 4.54. The van der Waals surface area contributed by atoms with Gasteiger partial charge in [-0.05, 0) is 29.8 Å². The van der Waals surface area contributed by atoms with Crippen molar-refractivity contribution < 1.29 is 4.39 Å². The highest BCUT2D eigenvalue weighted by Crippen LogP contribution is 2.21. The van der Waals surface area contributed by atoms with Gasteiger partial charge in [0, 0.05) is 6.20 Å². The van der Waals surface area contributed by atoms with Gasteiger partial charge in [0.15, 0.2) is 0 Å². The van der Waals surface area contributed by atoms with Gasteiger partial charge in [-0.2, -0.15) is 5.26 Å². The van der Waals surface area contributed by atoms with Crippen LogP contribution in [0.2, 0.25) is 0 Å². The van der Waals surface area contributed by atoms with E-state index in [9.17, 15) is 4.39 Å². The highest BCUT2D eigenvalue weighted by molar-refractivity contribution is 5.34. The maximum Gasteiger partial charge on any atom is 0.123 e. The molecular formula is C13H9FN2. The summed E-state index contributed by atoms with van der Waals surface area (Å²) in [7, 11) is 0. The van der Waals surface area contributed by atoms with Crippen LogP contribution in [0.5, 0.6) is 0 Å². The summed E-state index contributed by atoms with van der Waals surface area (Å²) < 4.78 is 12.8. The van der Waals surface area contributed by atoms with Crippen LogP contribution in [0.15, 0.2) is 48.7 Å². The van der Waals surface area contributed by atoms with Crippen molar-refractivity contribution >= 4 is 0 Å². The first-order valence-corrected chi connectivity index (χ1v) is 4.87. The topological polar surface area (TPSA) is 36.7 Å². The number of nitrogens with zero attached hydrogens (tertiary/aromatic N) is 2. The monoisotopic (exact) mass is 212 g/mol. The molecule has 0 aliphatic carbocycles. The number of nitriles is 1. The fourth-order valence-corrected chi connectivity index (χ4v) is 1.51. The Morgan fingerprint density at radius 3 is 2.44 bits per heavy atom. The molecule has 2 rings (SSSR count). The summed E-state index contributed by atoms with van der Waals surface area (Å²) in [5.41, 5.74) is 1.43. The third-order valence-electron chi connectivity index (χ3n) is 2.32. The molecule has 3 heteroatoms. The lowest BCUT2D eigenvalue weighted by atomic mass is 9.97. The van der Waals surface area contributed by atoms with Crippen LogP contribution >= 0.6 is 0 Å². The molecule has 2 nitrogen and oxygen atoms in total. The van der Waals surface area contributed by atoms with Gasteiger partial charge in [0.2, 0.25) is 0 Å². The molecule has 1 heterocycles. The first kappa shape index (κ1) is 10.3. The number of rotatable bonds is 2. The van der Waals surface area contributed by atoms with Crippen molar-refractivity contribution in [2.45, 2.75) is 5.92 Å². The van der Waals surface area contributed by atoms with Gasteiger partial charge < -0.3 is 0 Å². The van der Waals surface area contributed by atoms with E-state index in [-0.39, 0.29) is 5.82 Å². The molecule has 1 unspecified atom stereocenters. The van der Waals surface area contributed by atoms with Crippen molar-refractivity contribution in [1.29, 1.82) is 5.26 Å². The third kappa shape index (κ3) is 2.06. The van der Waals surface area contributed by atoms with Gasteiger partial charge in [-0.25, -0.2) is 4.39 Å². The molecule has 0 spiro atoms. The Kier molecular flexibility index (Phi) is 2.93. The van der Waals surface area contributed by atoms with Gasteiger partial charge in [0.25, 0.3) is 0 Å². The van der Waals surface area contributed by atoms with Crippen LogP contribution in [-0.2, 0) is 0 Å². The Labute approximate surface area is 93.0 Å². The summed E-state index contributed by atoms with van der Waals surface area (Å²) in [6.45, 7) is 0. The quantitative estimate of drug-likeness (QED) is 0.767. The van der Waals surface area contributed by atoms with Gasteiger partial charge in [-0.3, -0.25) is 4.98 Å². The molecule has 0 bridgehead atoms. The smallest absolute Gasteiger partial charge is 0.123 e. The number of hydrogen-bond acceptors (Lipinski definition) is 2. The van der Waals surface area contributed by atoms with E-state index in [1.54, 1.807) is 30.5 Å². The van der Waals surface area contributed by atoms with Gasteiger partial charge in [-0.1, -0.05) is 18.2 Å². The summed E-state index contributed by atoms with van der Waals surface area (Å²) >= 11 is 0. The first-order valence-electron chi connectivity index (χ1n) is 4.87. The van der Waals surface area contributed by atoms with E-state index in [1.807, 2.05) is 6.07 Å². The average Bonchev–Trinajstić information content (AvgIpc) is 2.34. The minimum atomic E-state index is -0.443. The number of benzene rings is 1. The summed E-state index contributed by atoms with van der Waals surface area (Å²) in [5.74, 6) is -0.747. The van der Waals surface area contributed by atoms with Crippen LogP contribution in [-0.4, -0.2) is 4.98 Å². The van der Waals surface area contributed by atoms with Crippen LogP contribution in [0.4, 0.5) is 4.39 Å². The molecular weight excluding hydrogens is 203 g/mol. The van der Waals surface area contributed by atoms with Crippen molar-refractivity contribution in [2.75, 3.05) is 0 Å². The van der Waals surface area contributed by atoms with E-state index in [0.717, 1.165) is 5.56 Å². The Balaban J connectivity index is 2.38. The van der Waals surface area contributed by atoms with Crippen molar-refractivity contribution in [3.63, 3.8) is 0 Å². The van der Waals surface area contributed by atoms with E-state index in [0.29, 0.717) is 5.69 Å². The summed E-state index contributed by atoms with van der Waals surface area (Å²) in [6.07, 6.45) is 1.64. The molecule has 1 aromatic heterocycles. The lowest BCUT2D eigenvalue weighted by Gasteiger charge is -2.08. The van der Waals surface area contributed by atoms with E-state index in [1.165, 1.54) is 12.1 Å². The van der Waals surface area contributed by atoms with Crippen LogP contribution in [0.1, 0.15) is 17.2 Å². The zero-order valence-electron chi connectivity index (χ0n) is 8.47. The molecule has 16 heavy (non-hydrogen) atoms. The fraction of sp³-hybridized carbons (Fsp3) is 0.0769. The molecule has 0 fully saturated rings. The zero-order valence-corrected chi connectivity index (χ0v) is 8.47. The van der Waals surface area contributed by atoms with Gasteiger partial charge in [0.1, 0.15) is 11.7 Å². The van der Waals surface area contributed by atoms with Gasteiger partial charge >= 0.3 is 0 Å². The molecule has 2 aromatic rings. The number of hydrogen-bond donors (Lipinski definition) is 0. The Morgan fingerprint density at radius 2 is 1.88 bits per heavy atom. The van der Waals surface area contributed by atoms with E-state index < -0.39 is 5.92 Å². The van der Waals surface area contributed by atoms with Crippen LogP contribution in [0.25, 0.3) is 0 Å². The largest absolute Gasteiger partial charge is 0.260 e. The predicted molar refractivity (Wildman–Crippen MR) is 58.1 cm³/mol. The number of pyridine rings is 1. The van der Waals surface area contributed by atoms with Crippen LogP contribution in [0, 0.1) is 17.1 Å². The molecule has 1 atom stereocenters. The van der Waals surface area contributed by atoms with Crippen molar-refractivity contribution in [2.24, 2.45) is 0 Å². The maximum atomic E-state index is 12.8. The first-order chi connectivity index (χ1) is 7.81. The molecule has 0 saturated carbocycles. The van der Waals surface area contributed by atoms with Gasteiger partial charge in [-0.15, -0.1) is 0 Å². The van der Waals surface area contributed by atoms with Gasteiger partial charge in [0.05, 0.1) is 11.8 Å². The SMILES string of the molecule is N#CC(c1ccc(F)cc1)c1ccccn1. The van der Waals surface area contributed by atoms with Crippen molar-refractivity contribution in [3.05, 3.63) is 65.7 Å². The number of aromatic nitrogens is 1. The Hall–Kier alpha value is -2.21. The third-order valence-corrected chi connectivity index (χ3v) is 2.32. The van der Waals surface area contributed by atoms with E-state index in [2.05, 4.69) is 11.1 Å². The van der Waals surface area contributed by atoms with Crippen molar-refractivity contribution in [1.82, 2.24) is 4.98 Å². The zero-order chi connectivity index (χ0) is 11.4. The molecule has 0 aliphatic heterocycles. The average molecular weight is 212 g/mol. The second-order valence-electron chi connectivity index (χ2n) is 3.37. The molecule has 0 amide bonds. The maximum absolute atomic E-state index is 12.8. The lowest BCUT2D eigenvalue weighted by Crippen LogP contribution is -2.00. The molecule has 0 N–H and O–H groups in total. The standard InChI is InChI=1S/C13H9FN2/c14-11-6-4-10(5-7-11)12(9-15)13-3-1-2-8-16-13/h1-8,12H. The summed E-state index contributed by atoms with van der Waals surface area (Å²) in [4.78, 5) is 4.13. The Morgan fingerprint density at radius 1 is 1.12 bits per heavy atom. The minimum Gasteiger partial charge on any atom is -0.260 e. The highest BCUT2D eigenvalue weighted by Gasteiger charge is 2.13. The summed E-state index contributed by atoms with van der Waals surface area (Å²) in [5, 5.41) is 9.12. The lowest BCUT2D eigenvalue weighted by molar-refractivity contribution is 0.627. The molecule has 1 aromatic carbocycles.